The Morgan fingerprint density at radius 3 is 2.88 bits per heavy atom. The van der Waals surface area contributed by atoms with Gasteiger partial charge in [0.1, 0.15) is 0 Å². The van der Waals surface area contributed by atoms with Crippen LogP contribution in [0.4, 0.5) is 4.79 Å². The number of hydrogen-bond acceptors (Lipinski definition) is 3. The fourth-order valence-electron chi connectivity index (χ4n) is 1.42. The number of nitrogens with one attached hydrogen (secondary N) is 1. The number of nitrogens with two attached hydrogens (primary N) is 1. The Balaban J connectivity index is 1.80. The number of nitrogens with zero attached hydrogens (tertiary/aromatic N) is 1. The van der Waals surface area contributed by atoms with Crippen molar-refractivity contribution >= 4 is 6.03 Å². The van der Waals surface area contributed by atoms with Crippen molar-refractivity contribution in [1.29, 1.82) is 0 Å². The van der Waals surface area contributed by atoms with E-state index in [9.17, 15) is 4.79 Å². The number of urea groups is 1. The predicted molar refractivity (Wildman–Crippen MR) is 59.2 cm³/mol. The first-order valence-electron chi connectivity index (χ1n) is 5.32. The molecule has 1 aliphatic heterocycles. The highest BCUT2D eigenvalue weighted by molar-refractivity contribution is 5.74. The number of hydrogen-bond donors (Lipinski definition) is 2. The van der Waals surface area contributed by atoms with Gasteiger partial charge in [0.2, 0.25) is 6.23 Å². The first kappa shape index (κ1) is 10.9. The molecule has 0 aliphatic carbocycles. The lowest BCUT2D eigenvalue weighted by molar-refractivity contribution is 0.177. The van der Waals surface area contributed by atoms with Crippen molar-refractivity contribution in [3.8, 4) is 0 Å². The maximum Gasteiger partial charge on any atom is 0.344 e. The molecule has 1 aromatic rings. The van der Waals surface area contributed by atoms with Crippen LogP contribution in [0, 0.1) is 0 Å². The van der Waals surface area contributed by atoms with Gasteiger partial charge >= 0.3 is 6.03 Å². The molecule has 0 bridgehead atoms. The van der Waals surface area contributed by atoms with Gasteiger partial charge in [0.25, 0.3) is 0 Å². The molecule has 0 spiro atoms. The zero-order valence-electron chi connectivity index (χ0n) is 8.93. The Hall–Kier alpha value is -1.59. The molecule has 1 atom stereocenters. The van der Waals surface area contributed by atoms with Crippen LogP contribution in [0.2, 0.25) is 0 Å². The highest BCUT2D eigenvalue weighted by atomic mass is 16.8. The average Bonchev–Trinajstić information content (AvgIpc) is 3.10. The summed E-state index contributed by atoms with van der Waals surface area (Å²) in [6.45, 7) is 1.15. The van der Waals surface area contributed by atoms with Crippen molar-refractivity contribution in [1.82, 2.24) is 10.4 Å². The molecule has 1 aromatic carbocycles. The summed E-state index contributed by atoms with van der Waals surface area (Å²) in [6.07, 6.45) is 0.536. The van der Waals surface area contributed by atoms with E-state index in [0.29, 0.717) is 13.1 Å². The minimum atomic E-state index is -0.237. The van der Waals surface area contributed by atoms with Gasteiger partial charge in [0.15, 0.2) is 0 Å². The topological polar surface area (TPSA) is 70.7 Å². The highest BCUT2D eigenvalue weighted by Gasteiger charge is 2.42. The minimum Gasteiger partial charge on any atom is -0.336 e. The molecule has 0 aromatic heterocycles. The van der Waals surface area contributed by atoms with Gasteiger partial charge in [0.05, 0.1) is 0 Å². The summed E-state index contributed by atoms with van der Waals surface area (Å²) in [7, 11) is 0. The smallest absolute Gasteiger partial charge is 0.336 e. The summed E-state index contributed by atoms with van der Waals surface area (Å²) >= 11 is 0. The van der Waals surface area contributed by atoms with Gasteiger partial charge in [-0.25, -0.2) is 9.63 Å². The molecule has 16 heavy (non-hydrogen) atoms. The van der Waals surface area contributed by atoms with Crippen LogP contribution in [0.1, 0.15) is 18.2 Å². The Kier molecular flexibility index (Phi) is 3.38. The molecule has 2 amide bonds. The van der Waals surface area contributed by atoms with Crippen LogP contribution >= 0.6 is 0 Å². The summed E-state index contributed by atoms with van der Waals surface area (Å²) in [4.78, 5) is 16.7. The molecule has 1 aliphatic rings. The molecule has 5 nitrogen and oxygen atoms in total. The van der Waals surface area contributed by atoms with Crippen molar-refractivity contribution in [2.75, 3.05) is 13.1 Å². The van der Waals surface area contributed by atoms with Gasteiger partial charge in [-0.1, -0.05) is 30.3 Å². The summed E-state index contributed by atoms with van der Waals surface area (Å²) in [5, 5.41) is 4.05. The van der Waals surface area contributed by atoms with E-state index in [1.165, 1.54) is 5.06 Å². The molecule has 1 unspecified atom stereocenters. The van der Waals surface area contributed by atoms with E-state index in [-0.39, 0.29) is 12.3 Å². The van der Waals surface area contributed by atoms with Gasteiger partial charge in [-0.2, -0.15) is 5.06 Å². The number of benzene rings is 1. The Morgan fingerprint density at radius 1 is 1.44 bits per heavy atom. The van der Waals surface area contributed by atoms with Crippen LogP contribution in [0.5, 0.6) is 0 Å². The molecular weight excluding hydrogens is 206 g/mol. The summed E-state index contributed by atoms with van der Waals surface area (Å²) in [5.74, 6) is 0. The van der Waals surface area contributed by atoms with E-state index in [0.717, 1.165) is 12.0 Å². The number of rotatable bonds is 4. The maximum atomic E-state index is 11.5. The molecule has 5 heteroatoms. The van der Waals surface area contributed by atoms with Crippen LogP contribution in [0.25, 0.3) is 0 Å². The standard InChI is InChI=1S/C11H15N3O2/c12-7-4-8-13-11(15)14-10(16-14)9-5-2-1-3-6-9/h1-3,5-6,10H,4,7-8,12H2,(H,13,15). The average molecular weight is 221 g/mol. The Morgan fingerprint density at radius 2 is 2.19 bits per heavy atom. The van der Waals surface area contributed by atoms with Gasteiger partial charge in [-0.15, -0.1) is 0 Å². The first-order chi connectivity index (χ1) is 7.83. The zero-order chi connectivity index (χ0) is 11.4. The fraction of sp³-hybridized carbons (Fsp3) is 0.364. The van der Waals surface area contributed by atoms with Crippen molar-refractivity contribution in [3.05, 3.63) is 35.9 Å². The summed E-state index contributed by atoms with van der Waals surface area (Å²) < 4.78 is 0. The highest BCUT2D eigenvalue weighted by Crippen LogP contribution is 2.36. The first-order valence-corrected chi connectivity index (χ1v) is 5.32. The number of carbonyl (C=O) groups is 1. The van der Waals surface area contributed by atoms with Crippen molar-refractivity contribution in [2.24, 2.45) is 5.73 Å². The summed E-state index contributed by atoms with van der Waals surface area (Å²) in [6, 6.07) is 9.42. The van der Waals surface area contributed by atoms with Crippen molar-refractivity contribution in [3.63, 3.8) is 0 Å². The maximum absolute atomic E-state index is 11.5. The monoisotopic (exact) mass is 221 g/mol. The van der Waals surface area contributed by atoms with Crippen LogP contribution < -0.4 is 11.1 Å². The molecule has 0 radical (unpaired) electrons. The van der Waals surface area contributed by atoms with Gasteiger partial charge in [-0.05, 0) is 13.0 Å². The predicted octanol–water partition coefficient (Wildman–Crippen LogP) is 0.991. The van der Waals surface area contributed by atoms with E-state index in [4.69, 9.17) is 10.6 Å². The minimum absolute atomic E-state index is 0.206. The number of carbonyl (C=O) groups excluding carboxylic acids is 1. The molecular formula is C11H15N3O2. The van der Waals surface area contributed by atoms with Gasteiger partial charge in [-0.3, -0.25) is 0 Å². The Bertz CT molecular complexity index is 356. The van der Waals surface area contributed by atoms with Gasteiger partial charge < -0.3 is 11.1 Å². The van der Waals surface area contributed by atoms with Crippen molar-refractivity contribution < 1.29 is 9.63 Å². The summed E-state index contributed by atoms with van der Waals surface area (Å²) in [5.41, 5.74) is 6.31. The molecule has 1 saturated heterocycles. The third kappa shape index (κ3) is 2.50. The fourth-order valence-corrected chi connectivity index (χ4v) is 1.42. The van der Waals surface area contributed by atoms with Crippen LogP contribution in [0.15, 0.2) is 30.3 Å². The molecule has 3 N–H and O–H groups in total. The van der Waals surface area contributed by atoms with Crippen molar-refractivity contribution in [2.45, 2.75) is 12.6 Å². The van der Waals surface area contributed by atoms with Gasteiger partial charge in [0, 0.05) is 12.1 Å². The lowest BCUT2D eigenvalue weighted by Gasteiger charge is -2.02. The number of hydroxylamine groups is 2. The Labute approximate surface area is 94.1 Å². The van der Waals surface area contributed by atoms with E-state index in [1.54, 1.807) is 0 Å². The lowest BCUT2D eigenvalue weighted by Crippen LogP contribution is -2.30. The van der Waals surface area contributed by atoms with E-state index >= 15 is 0 Å². The second kappa shape index (κ2) is 4.96. The lowest BCUT2D eigenvalue weighted by atomic mass is 10.2. The largest absolute Gasteiger partial charge is 0.344 e. The second-order valence-corrected chi connectivity index (χ2v) is 3.57. The third-order valence-electron chi connectivity index (χ3n) is 2.32. The normalized spacial score (nSPS) is 18.3. The van der Waals surface area contributed by atoms with E-state index < -0.39 is 0 Å². The molecule has 0 saturated carbocycles. The van der Waals surface area contributed by atoms with E-state index in [2.05, 4.69) is 5.32 Å². The number of amides is 2. The van der Waals surface area contributed by atoms with Crippen LogP contribution in [0.3, 0.4) is 0 Å². The zero-order valence-corrected chi connectivity index (χ0v) is 8.93. The van der Waals surface area contributed by atoms with E-state index in [1.807, 2.05) is 30.3 Å². The van der Waals surface area contributed by atoms with Crippen LogP contribution in [-0.4, -0.2) is 24.2 Å². The molecule has 86 valence electrons. The molecule has 2 rings (SSSR count). The SMILES string of the molecule is NCCCNC(=O)N1OC1c1ccccc1. The quantitative estimate of drug-likeness (QED) is 0.588. The molecule has 1 heterocycles. The molecule has 1 fully saturated rings. The second-order valence-electron chi connectivity index (χ2n) is 3.57. The third-order valence-corrected chi connectivity index (χ3v) is 2.32. The van der Waals surface area contributed by atoms with Crippen LogP contribution in [-0.2, 0) is 4.84 Å².